The largest absolute Gasteiger partial charge is 0.494 e. The summed E-state index contributed by atoms with van der Waals surface area (Å²) < 4.78 is 5.55. The number of rotatable bonds is 8. The second kappa shape index (κ2) is 8.39. The van der Waals surface area contributed by atoms with E-state index in [1.807, 2.05) is 24.3 Å². The number of nitrogens with two attached hydrogens (primary N) is 1. The maximum atomic E-state index is 8.57. The molecule has 1 aromatic rings. The number of hydrogen-bond acceptors (Lipinski definition) is 2. The first-order valence-corrected chi connectivity index (χ1v) is 6.01. The molecule has 1 aromatic carbocycles. The van der Waals surface area contributed by atoms with Crippen LogP contribution in [0.1, 0.15) is 12.8 Å². The SMILES string of the molecule is OCC[NH2+]CCCCOc1ccc(Cl)cc1. The minimum absolute atomic E-state index is 0.251. The number of aliphatic hydroxyl groups is 1. The zero-order chi connectivity index (χ0) is 11.6. The lowest BCUT2D eigenvalue weighted by atomic mass is 10.3. The van der Waals surface area contributed by atoms with Gasteiger partial charge in [0.25, 0.3) is 0 Å². The van der Waals surface area contributed by atoms with E-state index in [1.165, 1.54) is 0 Å². The molecule has 0 fully saturated rings. The quantitative estimate of drug-likeness (QED) is 0.672. The normalized spacial score (nSPS) is 10.4. The van der Waals surface area contributed by atoms with E-state index in [4.69, 9.17) is 21.4 Å². The lowest BCUT2D eigenvalue weighted by Crippen LogP contribution is -2.85. The molecule has 90 valence electrons. The van der Waals surface area contributed by atoms with E-state index in [0.717, 1.165) is 43.3 Å². The van der Waals surface area contributed by atoms with Crippen molar-refractivity contribution in [2.45, 2.75) is 12.8 Å². The number of quaternary nitrogens is 1. The molecule has 0 amide bonds. The summed E-state index contributed by atoms with van der Waals surface area (Å²) in [5.41, 5.74) is 0. The van der Waals surface area contributed by atoms with Gasteiger partial charge in [0.15, 0.2) is 0 Å². The smallest absolute Gasteiger partial charge is 0.119 e. The van der Waals surface area contributed by atoms with Crippen LogP contribution in [-0.2, 0) is 0 Å². The summed E-state index contributed by atoms with van der Waals surface area (Å²) >= 11 is 5.76. The van der Waals surface area contributed by atoms with Crippen LogP contribution in [-0.4, -0.2) is 31.4 Å². The van der Waals surface area contributed by atoms with Crippen LogP contribution < -0.4 is 10.1 Å². The summed E-state index contributed by atoms with van der Waals surface area (Å²) in [6.45, 7) is 2.82. The third-order valence-electron chi connectivity index (χ3n) is 2.22. The number of halogens is 1. The van der Waals surface area contributed by atoms with Gasteiger partial charge in [0.1, 0.15) is 5.75 Å². The van der Waals surface area contributed by atoms with Crippen LogP contribution in [0.15, 0.2) is 24.3 Å². The van der Waals surface area contributed by atoms with E-state index in [0.29, 0.717) is 0 Å². The van der Waals surface area contributed by atoms with Crippen LogP contribution in [0.4, 0.5) is 0 Å². The lowest BCUT2D eigenvalue weighted by Gasteiger charge is -2.05. The van der Waals surface area contributed by atoms with Crippen molar-refractivity contribution in [2.24, 2.45) is 0 Å². The molecular formula is C12H19ClNO2+. The summed E-state index contributed by atoms with van der Waals surface area (Å²) in [5.74, 6) is 0.865. The average molecular weight is 245 g/mol. The predicted octanol–water partition coefficient (Wildman–Crippen LogP) is 1.05. The predicted molar refractivity (Wildman–Crippen MR) is 64.9 cm³/mol. The van der Waals surface area contributed by atoms with Gasteiger partial charge in [-0.25, -0.2) is 0 Å². The average Bonchev–Trinajstić information content (AvgIpc) is 2.30. The van der Waals surface area contributed by atoms with Crippen molar-refractivity contribution in [2.75, 3.05) is 26.3 Å². The molecule has 0 saturated heterocycles. The van der Waals surface area contributed by atoms with Crippen molar-refractivity contribution in [3.63, 3.8) is 0 Å². The molecule has 0 aliphatic heterocycles. The van der Waals surface area contributed by atoms with Crippen molar-refractivity contribution in [3.05, 3.63) is 29.3 Å². The zero-order valence-corrected chi connectivity index (χ0v) is 10.1. The van der Waals surface area contributed by atoms with Crippen molar-refractivity contribution >= 4 is 11.6 Å². The van der Waals surface area contributed by atoms with E-state index in [1.54, 1.807) is 0 Å². The Bertz CT molecular complexity index is 277. The maximum Gasteiger partial charge on any atom is 0.119 e. The van der Waals surface area contributed by atoms with Gasteiger partial charge in [0.05, 0.1) is 26.3 Å². The molecule has 0 atom stereocenters. The maximum absolute atomic E-state index is 8.57. The van der Waals surface area contributed by atoms with Crippen molar-refractivity contribution in [1.29, 1.82) is 0 Å². The van der Waals surface area contributed by atoms with Gasteiger partial charge in [-0.3, -0.25) is 0 Å². The summed E-state index contributed by atoms with van der Waals surface area (Å²) in [4.78, 5) is 0. The van der Waals surface area contributed by atoms with E-state index >= 15 is 0 Å². The van der Waals surface area contributed by atoms with Gasteiger partial charge in [0.2, 0.25) is 0 Å². The van der Waals surface area contributed by atoms with Crippen molar-refractivity contribution < 1.29 is 15.2 Å². The van der Waals surface area contributed by atoms with Crippen LogP contribution in [0.5, 0.6) is 5.75 Å². The number of unbranched alkanes of at least 4 members (excludes halogenated alkanes) is 1. The molecule has 0 bridgehead atoms. The molecule has 0 aliphatic carbocycles. The van der Waals surface area contributed by atoms with Gasteiger partial charge in [-0.1, -0.05) is 11.6 Å². The van der Waals surface area contributed by atoms with E-state index in [9.17, 15) is 0 Å². The van der Waals surface area contributed by atoms with Gasteiger partial charge in [-0.2, -0.15) is 0 Å². The monoisotopic (exact) mass is 244 g/mol. The third kappa shape index (κ3) is 5.95. The summed E-state index contributed by atoms with van der Waals surface area (Å²) in [6, 6.07) is 7.40. The molecular weight excluding hydrogens is 226 g/mol. The van der Waals surface area contributed by atoms with Gasteiger partial charge in [0, 0.05) is 5.02 Å². The highest BCUT2D eigenvalue weighted by atomic mass is 35.5. The van der Waals surface area contributed by atoms with Gasteiger partial charge in [-0.15, -0.1) is 0 Å². The molecule has 1 rings (SSSR count). The fourth-order valence-electron chi connectivity index (χ4n) is 1.35. The van der Waals surface area contributed by atoms with E-state index in [2.05, 4.69) is 5.32 Å². The van der Waals surface area contributed by atoms with Crippen molar-refractivity contribution in [1.82, 2.24) is 0 Å². The highest BCUT2D eigenvalue weighted by Gasteiger charge is 1.95. The first-order valence-electron chi connectivity index (χ1n) is 5.64. The van der Waals surface area contributed by atoms with E-state index in [-0.39, 0.29) is 6.61 Å². The summed E-state index contributed by atoms with van der Waals surface area (Å²) in [7, 11) is 0. The first-order chi connectivity index (χ1) is 7.83. The van der Waals surface area contributed by atoms with Gasteiger partial charge < -0.3 is 15.2 Å². The second-order valence-electron chi connectivity index (χ2n) is 3.60. The van der Waals surface area contributed by atoms with Crippen LogP contribution in [0.2, 0.25) is 5.02 Å². The highest BCUT2D eigenvalue weighted by molar-refractivity contribution is 6.30. The topological polar surface area (TPSA) is 46.1 Å². The van der Waals surface area contributed by atoms with E-state index < -0.39 is 0 Å². The van der Waals surface area contributed by atoms with Crippen LogP contribution in [0.25, 0.3) is 0 Å². The molecule has 16 heavy (non-hydrogen) atoms. The molecule has 0 aromatic heterocycles. The number of aliphatic hydroxyl groups excluding tert-OH is 1. The molecule has 0 radical (unpaired) electrons. The van der Waals surface area contributed by atoms with Crippen LogP contribution in [0, 0.1) is 0 Å². The summed E-state index contributed by atoms with van der Waals surface area (Å²) in [5, 5.41) is 11.4. The molecule has 0 unspecified atom stereocenters. The lowest BCUT2D eigenvalue weighted by molar-refractivity contribution is -0.656. The summed E-state index contributed by atoms with van der Waals surface area (Å²) in [6.07, 6.45) is 2.14. The Balaban J connectivity index is 2.01. The number of hydrogen-bond donors (Lipinski definition) is 2. The molecule has 4 heteroatoms. The minimum Gasteiger partial charge on any atom is -0.494 e. The number of ether oxygens (including phenoxy) is 1. The number of benzene rings is 1. The van der Waals surface area contributed by atoms with Crippen molar-refractivity contribution in [3.8, 4) is 5.75 Å². The second-order valence-corrected chi connectivity index (χ2v) is 4.04. The third-order valence-corrected chi connectivity index (χ3v) is 2.47. The first kappa shape index (κ1) is 13.3. The fourth-order valence-corrected chi connectivity index (χ4v) is 1.47. The Morgan fingerprint density at radius 2 is 1.88 bits per heavy atom. The Kier molecular flexibility index (Phi) is 6.97. The molecule has 0 heterocycles. The van der Waals surface area contributed by atoms with Gasteiger partial charge in [-0.05, 0) is 37.1 Å². The molecule has 3 nitrogen and oxygen atoms in total. The Hall–Kier alpha value is -0.770. The molecule has 0 spiro atoms. The van der Waals surface area contributed by atoms with Gasteiger partial charge >= 0.3 is 0 Å². The zero-order valence-electron chi connectivity index (χ0n) is 9.36. The Labute approximate surface area is 101 Å². The molecule has 3 N–H and O–H groups in total. The fraction of sp³-hybridized carbons (Fsp3) is 0.500. The molecule has 0 aliphatic rings. The highest BCUT2D eigenvalue weighted by Crippen LogP contribution is 2.15. The standard InChI is InChI=1S/C12H18ClNO2/c13-11-3-5-12(6-4-11)16-10-2-1-7-14-8-9-15/h3-6,14-15H,1-2,7-10H2/p+1. The van der Waals surface area contributed by atoms with Crippen LogP contribution in [0.3, 0.4) is 0 Å². The Morgan fingerprint density at radius 1 is 1.12 bits per heavy atom. The molecule has 0 saturated carbocycles. The van der Waals surface area contributed by atoms with Crippen LogP contribution >= 0.6 is 11.6 Å². The minimum atomic E-state index is 0.251. The Morgan fingerprint density at radius 3 is 2.56 bits per heavy atom.